The quantitative estimate of drug-likeness (QED) is 0.669. The van der Waals surface area contributed by atoms with E-state index in [-0.39, 0.29) is 11.3 Å². The first-order valence-corrected chi connectivity index (χ1v) is 4.71. The van der Waals surface area contributed by atoms with Crippen LogP contribution in [0.5, 0.6) is 0 Å². The average Bonchev–Trinajstić information content (AvgIpc) is 2.15. The topological polar surface area (TPSA) is 30.2 Å². The molecule has 1 heterocycles. The number of aryl methyl sites for hydroxylation is 1. The number of halogens is 3. The van der Waals surface area contributed by atoms with E-state index in [0.29, 0.717) is 25.3 Å². The highest BCUT2D eigenvalue weighted by Crippen LogP contribution is 2.35. The molecular formula is C10H9F3O2. The average molecular weight is 218 g/mol. The van der Waals surface area contributed by atoms with E-state index in [9.17, 15) is 18.0 Å². The zero-order valence-electron chi connectivity index (χ0n) is 7.86. The lowest BCUT2D eigenvalue weighted by Gasteiger charge is -2.18. The standard InChI is InChI=1S/C10H9F3O2/c11-10(12,13)7-5-9(14)15-8-4-2-1-3-6(7)8/h5H,1-4H2. The van der Waals surface area contributed by atoms with Gasteiger partial charge < -0.3 is 4.42 Å². The van der Waals surface area contributed by atoms with Crippen LogP contribution in [-0.4, -0.2) is 0 Å². The molecule has 5 heteroatoms. The molecule has 1 aliphatic carbocycles. The first-order valence-electron chi connectivity index (χ1n) is 4.71. The van der Waals surface area contributed by atoms with E-state index in [1.54, 1.807) is 0 Å². The van der Waals surface area contributed by atoms with Crippen molar-refractivity contribution in [1.82, 2.24) is 0 Å². The summed E-state index contributed by atoms with van der Waals surface area (Å²) in [5.74, 6) is 0.209. The summed E-state index contributed by atoms with van der Waals surface area (Å²) >= 11 is 0. The zero-order chi connectivity index (χ0) is 11.1. The monoisotopic (exact) mass is 218 g/mol. The van der Waals surface area contributed by atoms with Crippen molar-refractivity contribution >= 4 is 0 Å². The molecule has 0 bridgehead atoms. The third kappa shape index (κ3) is 1.91. The Morgan fingerprint density at radius 1 is 1.20 bits per heavy atom. The van der Waals surface area contributed by atoms with E-state index < -0.39 is 17.4 Å². The van der Waals surface area contributed by atoms with Gasteiger partial charge in [0.25, 0.3) is 0 Å². The van der Waals surface area contributed by atoms with Gasteiger partial charge in [-0.3, -0.25) is 0 Å². The van der Waals surface area contributed by atoms with Gasteiger partial charge in [-0.2, -0.15) is 13.2 Å². The highest BCUT2D eigenvalue weighted by atomic mass is 19.4. The Hall–Kier alpha value is -1.26. The lowest BCUT2D eigenvalue weighted by molar-refractivity contribution is -0.138. The normalized spacial score (nSPS) is 16.2. The summed E-state index contributed by atoms with van der Waals surface area (Å²) in [6.45, 7) is 0. The summed E-state index contributed by atoms with van der Waals surface area (Å²) in [6, 6.07) is 0.546. The number of alkyl halides is 3. The SMILES string of the molecule is O=c1cc(C(F)(F)F)c2c(o1)CCCC2. The fourth-order valence-corrected chi connectivity index (χ4v) is 1.88. The largest absolute Gasteiger partial charge is 0.428 e. The molecule has 0 amide bonds. The second-order valence-corrected chi connectivity index (χ2v) is 3.59. The van der Waals surface area contributed by atoms with Crippen LogP contribution in [0.2, 0.25) is 0 Å². The van der Waals surface area contributed by atoms with Crippen LogP contribution in [0.3, 0.4) is 0 Å². The first kappa shape index (κ1) is 10.3. The van der Waals surface area contributed by atoms with Gasteiger partial charge in [-0.15, -0.1) is 0 Å². The third-order valence-corrected chi connectivity index (χ3v) is 2.53. The summed E-state index contributed by atoms with van der Waals surface area (Å²) in [5, 5.41) is 0. The fraction of sp³-hybridized carbons (Fsp3) is 0.500. The summed E-state index contributed by atoms with van der Waals surface area (Å²) in [7, 11) is 0. The van der Waals surface area contributed by atoms with E-state index in [0.717, 1.165) is 6.42 Å². The molecule has 2 rings (SSSR count). The Balaban J connectivity index is 2.63. The van der Waals surface area contributed by atoms with E-state index in [2.05, 4.69) is 0 Å². The van der Waals surface area contributed by atoms with Crippen LogP contribution in [0.25, 0.3) is 0 Å². The van der Waals surface area contributed by atoms with E-state index >= 15 is 0 Å². The lowest BCUT2D eigenvalue weighted by atomic mass is 9.93. The van der Waals surface area contributed by atoms with Crippen molar-refractivity contribution < 1.29 is 17.6 Å². The Morgan fingerprint density at radius 3 is 2.53 bits per heavy atom. The van der Waals surface area contributed by atoms with Gasteiger partial charge in [0.1, 0.15) is 5.76 Å². The molecule has 0 aliphatic heterocycles. The van der Waals surface area contributed by atoms with Gasteiger partial charge in [-0.05, 0) is 19.3 Å². The summed E-state index contributed by atoms with van der Waals surface area (Å²) in [6.07, 6.45) is -2.21. The maximum absolute atomic E-state index is 12.6. The number of hydrogen-bond acceptors (Lipinski definition) is 2. The van der Waals surface area contributed by atoms with Crippen molar-refractivity contribution in [2.75, 3.05) is 0 Å². The van der Waals surface area contributed by atoms with Gasteiger partial charge in [0.2, 0.25) is 0 Å². The minimum Gasteiger partial charge on any atom is -0.428 e. The maximum Gasteiger partial charge on any atom is 0.417 e. The van der Waals surface area contributed by atoms with Gasteiger partial charge in [-0.1, -0.05) is 0 Å². The second-order valence-electron chi connectivity index (χ2n) is 3.59. The van der Waals surface area contributed by atoms with Gasteiger partial charge in [-0.25, -0.2) is 4.79 Å². The van der Waals surface area contributed by atoms with Crippen molar-refractivity contribution in [2.45, 2.75) is 31.9 Å². The summed E-state index contributed by atoms with van der Waals surface area (Å²) in [5.41, 5.74) is -1.58. The Labute approximate surface area is 83.7 Å². The van der Waals surface area contributed by atoms with Crippen molar-refractivity contribution in [1.29, 1.82) is 0 Å². The summed E-state index contributed by atoms with van der Waals surface area (Å²) < 4.78 is 42.5. The third-order valence-electron chi connectivity index (χ3n) is 2.53. The molecular weight excluding hydrogens is 209 g/mol. The number of fused-ring (bicyclic) bond motifs is 1. The molecule has 0 radical (unpaired) electrons. The molecule has 0 spiro atoms. The van der Waals surface area contributed by atoms with Crippen LogP contribution in [0.1, 0.15) is 29.7 Å². The van der Waals surface area contributed by atoms with E-state index in [1.165, 1.54) is 0 Å². The molecule has 1 aromatic heterocycles. The molecule has 15 heavy (non-hydrogen) atoms. The van der Waals surface area contributed by atoms with Gasteiger partial charge >= 0.3 is 11.8 Å². The highest BCUT2D eigenvalue weighted by molar-refractivity contribution is 5.32. The van der Waals surface area contributed by atoms with Crippen LogP contribution in [0.4, 0.5) is 13.2 Å². The lowest BCUT2D eigenvalue weighted by Crippen LogP contribution is -2.18. The van der Waals surface area contributed by atoms with Crippen molar-refractivity contribution in [3.63, 3.8) is 0 Å². The van der Waals surface area contributed by atoms with Gasteiger partial charge in [0.15, 0.2) is 0 Å². The zero-order valence-corrected chi connectivity index (χ0v) is 7.86. The van der Waals surface area contributed by atoms with Crippen molar-refractivity contribution in [3.05, 3.63) is 33.4 Å². The number of rotatable bonds is 0. The molecule has 0 fully saturated rings. The molecule has 0 N–H and O–H groups in total. The highest BCUT2D eigenvalue weighted by Gasteiger charge is 2.36. The Kier molecular flexibility index (Phi) is 2.32. The number of hydrogen-bond donors (Lipinski definition) is 0. The van der Waals surface area contributed by atoms with Crippen molar-refractivity contribution in [2.24, 2.45) is 0 Å². The minimum absolute atomic E-state index is 0.161. The molecule has 0 unspecified atom stereocenters. The molecule has 0 atom stereocenters. The molecule has 0 saturated carbocycles. The predicted molar refractivity (Wildman–Crippen MR) is 46.6 cm³/mol. The van der Waals surface area contributed by atoms with Crippen LogP contribution in [0, 0.1) is 0 Å². The minimum atomic E-state index is -4.46. The van der Waals surface area contributed by atoms with Crippen LogP contribution < -0.4 is 5.63 Å². The molecule has 0 saturated heterocycles. The van der Waals surface area contributed by atoms with Gasteiger partial charge in [0.05, 0.1) is 5.56 Å². The van der Waals surface area contributed by atoms with E-state index in [1.807, 2.05) is 0 Å². The fourth-order valence-electron chi connectivity index (χ4n) is 1.88. The molecule has 1 aromatic rings. The second kappa shape index (κ2) is 3.40. The van der Waals surface area contributed by atoms with Gasteiger partial charge in [0, 0.05) is 18.1 Å². The summed E-state index contributed by atoms with van der Waals surface area (Å²) in [4.78, 5) is 10.9. The molecule has 2 nitrogen and oxygen atoms in total. The smallest absolute Gasteiger partial charge is 0.417 e. The van der Waals surface area contributed by atoms with Crippen LogP contribution >= 0.6 is 0 Å². The molecule has 0 aromatic carbocycles. The van der Waals surface area contributed by atoms with Crippen LogP contribution in [0.15, 0.2) is 15.3 Å². The molecule has 1 aliphatic rings. The Bertz CT molecular complexity index is 431. The molecule has 82 valence electrons. The Morgan fingerprint density at radius 2 is 1.87 bits per heavy atom. The first-order chi connectivity index (χ1) is 6.98. The van der Waals surface area contributed by atoms with E-state index in [4.69, 9.17) is 4.42 Å². The maximum atomic E-state index is 12.6. The predicted octanol–water partition coefficient (Wildman–Crippen LogP) is 2.54. The van der Waals surface area contributed by atoms with Crippen molar-refractivity contribution in [3.8, 4) is 0 Å². The van der Waals surface area contributed by atoms with Crippen LogP contribution in [-0.2, 0) is 19.0 Å².